The maximum absolute atomic E-state index is 13.6. The standard InChI is InChI=1S/C40H48O15/c1-6-7-8-9-10-11-12-16-21-47-29-19-20-30-31(22-29)52-39(46)36(54-38(45)28-17-14-13-15-18-28)33(30)55-40-37(51-27(5)44)35(50-26(4)43)34(49-25(3)42)32(53-40)23-48-24(2)41/h13-15,17-20,22,32,34-35,37,40H,6-12,16,21,23H2,1-5H3/t32-,34-,35+,37-,40+/m1/s1. The van der Waals surface area contributed by atoms with Crippen LogP contribution in [0.25, 0.3) is 11.0 Å². The van der Waals surface area contributed by atoms with Crippen LogP contribution in [0.15, 0.2) is 57.7 Å². The fraction of sp³-hybridized carbons (Fsp3) is 0.500. The Bertz CT molecular complexity index is 1840. The second kappa shape index (κ2) is 20.9. The van der Waals surface area contributed by atoms with E-state index < -0.39 is 78.5 Å². The van der Waals surface area contributed by atoms with Gasteiger partial charge in [0, 0.05) is 33.8 Å². The molecule has 1 saturated heterocycles. The van der Waals surface area contributed by atoms with Crippen LogP contribution in [0.5, 0.6) is 17.2 Å². The monoisotopic (exact) mass is 768 g/mol. The summed E-state index contributed by atoms with van der Waals surface area (Å²) in [4.78, 5) is 75.7. The van der Waals surface area contributed by atoms with E-state index in [-0.39, 0.29) is 22.3 Å². The fourth-order valence-electron chi connectivity index (χ4n) is 5.98. The van der Waals surface area contributed by atoms with Crippen molar-refractivity contribution in [2.75, 3.05) is 13.2 Å². The molecule has 0 aliphatic carbocycles. The van der Waals surface area contributed by atoms with E-state index in [9.17, 15) is 28.8 Å². The molecule has 4 rings (SSSR count). The zero-order valence-electron chi connectivity index (χ0n) is 31.7. The van der Waals surface area contributed by atoms with Crippen LogP contribution in [-0.4, -0.2) is 73.8 Å². The molecule has 0 amide bonds. The van der Waals surface area contributed by atoms with Gasteiger partial charge in [-0.3, -0.25) is 19.2 Å². The summed E-state index contributed by atoms with van der Waals surface area (Å²) >= 11 is 0. The summed E-state index contributed by atoms with van der Waals surface area (Å²) in [5, 5.41) is 0.114. The fourth-order valence-corrected chi connectivity index (χ4v) is 5.98. The molecule has 1 fully saturated rings. The highest BCUT2D eigenvalue weighted by atomic mass is 16.7. The van der Waals surface area contributed by atoms with Crippen molar-refractivity contribution in [2.45, 2.75) is 117 Å². The van der Waals surface area contributed by atoms with Gasteiger partial charge in [-0.2, -0.15) is 0 Å². The lowest BCUT2D eigenvalue weighted by Gasteiger charge is -2.44. The van der Waals surface area contributed by atoms with Gasteiger partial charge in [-0.25, -0.2) is 9.59 Å². The average Bonchev–Trinajstić information content (AvgIpc) is 3.13. The molecule has 298 valence electrons. The first-order valence-electron chi connectivity index (χ1n) is 18.4. The van der Waals surface area contributed by atoms with Gasteiger partial charge in [-0.15, -0.1) is 0 Å². The van der Waals surface area contributed by atoms with E-state index in [2.05, 4.69) is 6.92 Å². The second-order valence-electron chi connectivity index (χ2n) is 13.0. The highest BCUT2D eigenvalue weighted by Gasteiger charge is 2.53. The summed E-state index contributed by atoms with van der Waals surface area (Å²) in [6.07, 6.45) is 1.20. The first kappa shape index (κ1) is 42.3. The van der Waals surface area contributed by atoms with Crippen LogP contribution in [0.4, 0.5) is 0 Å². The van der Waals surface area contributed by atoms with Crippen molar-refractivity contribution in [3.8, 4) is 17.2 Å². The van der Waals surface area contributed by atoms with E-state index in [1.165, 1.54) is 56.4 Å². The largest absolute Gasteiger partial charge is 0.493 e. The minimum atomic E-state index is -1.75. The van der Waals surface area contributed by atoms with Gasteiger partial charge in [-0.1, -0.05) is 70.1 Å². The minimum absolute atomic E-state index is 0.0152. The van der Waals surface area contributed by atoms with Crippen molar-refractivity contribution in [1.82, 2.24) is 0 Å². The molecule has 0 bridgehead atoms. The molecular weight excluding hydrogens is 720 g/mol. The predicted octanol–water partition coefficient (Wildman–Crippen LogP) is 5.99. The molecule has 2 heterocycles. The van der Waals surface area contributed by atoms with Gasteiger partial charge >= 0.3 is 35.5 Å². The van der Waals surface area contributed by atoms with Crippen molar-refractivity contribution < 1.29 is 66.3 Å². The molecule has 0 N–H and O–H groups in total. The van der Waals surface area contributed by atoms with Crippen molar-refractivity contribution >= 4 is 40.8 Å². The first-order valence-corrected chi connectivity index (χ1v) is 18.4. The van der Waals surface area contributed by atoms with Gasteiger partial charge < -0.3 is 42.3 Å². The lowest BCUT2D eigenvalue weighted by Crippen LogP contribution is -2.63. The predicted molar refractivity (Wildman–Crippen MR) is 195 cm³/mol. The SMILES string of the molecule is CCCCCCCCCCOc1ccc2c(O[C@@H]3O[C@H](COC(C)=O)[C@@H](OC(C)=O)[C@H](OC(C)=O)[C@H]3OC(C)=O)c(OC(=O)c3ccccc3)c(=O)oc2c1. The molecule has 1 aromatic heterocycles. The molecule has 0 unspecified atom stereocenters. The van der Waals surface area contributed by atoms with E-state index in [4.69, 9.17) is 42.3 Å². The maximum Gasteiger partial charge on any atom is 0.383 e. The van der Waals surface area contributed by atoms with Crippen LogP contribution in [0.1, 0.15) is 96.3 Å². The summed E-state index contributed by atoms with van der Waals surface area (Å²) in [6, 6.07) is 12.4. The van der Waals surface area contributed by atoms with Crippen LogP contribution in [-0.2, 0) is 42.9 Å². The van der Waals surface area contributed by atoms with Crippen molar-refractivity contribution in [3.63, 3.8) is 0 Å². The number of unbranched alkanes of at least 4 members (excludes halogenated alkanes) is 7. The van der Waals surface area contributed by atoms with Gasteiger partial charge in [0.25, 0.3) is 5.75 Å². The van der Waals surface area contributed by atoms with E-state index >= 15 is 0 Å². The molecule has 55 heavy (non-hydrogen) atoms. The number of benzene rings is 2. The van der Waals surface area contributed by atoms with Crippen LogP contribution >= 0.6 is 0 Å². The van der Waals surface area contributed by atoms with Crippen molar-refractivity contribution in [3.05, 3.63) is 64.5 Å². The molecule has 2 aromatic carbocycles. The molecule has 15 heteroatoms. The lowest BCUT2D eigenvalue weighted by atomic mass is 9.98. The number of esters is 5. The van der Waals surface area contributed by atoms with Crippen LogP contribution in [0.2, 0.25) is 0 Å². The smallest absolute Gasteiger partial charge is 0.383 e. The van der Waals surface area contributed by atoms with E-state index in [1.807, 2.05) is 0 Å². The summed E-state index contributed by atoms with van der Waals surface area (Å²) in [6.45, 7) is 6.46. The molecule has 0 spiro atoms. The molecule has 1 aliphatic rings. The number of ether oxygens (including phenoxy) is 8. The number of hydrogen-bond donors (Lipinski definition) is 0. The molecule has 3 aromatic rings. The number of carbonyl (C=O) groups is 5. The summed E-state index contributed by atoms with van der Waals surface area (Å²) in [5.41, 5.74) is -1.03. The number of rotatable bonds is 19. The first-order chi connectivity index (χ1) is 26.4. The Labute approximate surface area is 318 Å². The second-order valence-corrected chi connectivity index (χ2v) is 13.0. The highest BCUT2D eigenvalue weighted by molar-refractivity contribution is 5.93. The average molecular weight is 769 g/mol. The molecule has 0 saturated carbocycles. The van der Waals surface area contributed by atoms with Gasteiger partial charge in [0.05, 0.1) is 17.6 Å². The molecule has 1 aliphatic heterocycles. The van der Waals surface area contributed by atoms with Gasteiger partial charge in [0.1, 0.15) is 24.0 Å². The Hall–Kier alpha value is -5.44. The summed E-state index contributed by atoms with van der Waals surface area (Å²) < 4.78 is 51.1. The molecule has 0 radical (unpaired) electrons. The Morgan fingerprint density at radius 2 is 1.31 bits per heavy atom. The Morgan fingerprint density at radius 3 is 1.95 bits per heavy atom. The zero-order chi connectivity index (χ0) is 39.9. The quantitative estimate of drug-likeness (QED) is 0.0598. The van der Waals surface area contributed by atoms with Gasteiger partial charge in [0.2, 0.25) is 12.4 Å². The maximum atomic E-state index is 13.6. The van der Waals surface area contributed by atoms with E-state index in [0.29, 0.717) is 12.4 Å². The topological polar surface area (TPSA) is 189 Å². The van der Waals surface area contributed by atoms with Gasteiger partial charge in [0.15, 0.2) is 18.0 Å². The third kappa shape index (κ3) is 12.6. The van der Waals surface area contributed by atoms with Crippen molar-refractivity contribution in [1.29, 1.82) is 0 Å². The number of hydrogen-bond acceptors (Lipinski definition) is 15. The Balaban J connectivity index is 1.74. The highest BCUT2D eigenvalue weighted by Crippen LogP contribution is 2.39. The van der Waals surface area contributed by atoms with E-state index in [0.717, 1.165) is 47.0 Å². The third-order valence-corrected chi connectivity index (χ3v) is 8.45. The summed E-state index contributed by atoms with van der Waals surface area (Å²) in [5.74, 6) is -4.83. The van der Waals surface area contributed by atoms with Crippen molar-refractivity contribution in [2.24, 2.45) is 0 Å². The summed E-state index contributed by atoms with van der Waals surface area (Å²) in [7, 11) is 0. The zero-order valence-corrected chi connectivity index (χ0v) is 31.7. The molecule has 15 nitrogen and oxygen atoms in total. The lowest BCUT2D eigenvalue weighted by molar-refractivity contribution is -0.288. The normalized spacial score (nSPS) is 19.2. The van der Waals surface area contributed by atoms with E-state index in [1.54, 1.807) is 24.3 Å². The number of carbonyl (C=O) groups excluding carboxylic acids is 5. The van der Waals surface area contributed by atoms with Crippen LogP contribution in [0, 0.1) is 0 Å². The number of fused-ring (bicyclic) bond motifs is 1. The van der Waals surface area contributed by atoms with Gasteiger partial charge in [-0.05, 0) is 30.7 Å². The molecule has 5 atom stereocenters. The van der Waals surface area contributed by atoms with Crippen LogP contribution in [0.3, 0.4) is 0 Å². The Kier molecular flexibility index (Phi) is 16.0. The molecular formula is C40H48O15. The third-order valence-electron chi connectivity index (χ3n) is 8.45. The Morgan fingerprint density at radius 1 is 0.691 bits per heavy atom. The van der Waals surface area contributed by atoms with Crippen LogP contribution < -0.4 is 19.8 Å². The minimum Gasteiger partial charge on any atom is -0.493 e.